The molecule has 2 bridgehead atoms. The van der Waals surface area contributed by atoms with Crippen LogP contribution in [0.4, 0.5) is 4.79 Å². The lowest BCUT2D eigenvalue weighted by atomic mass is 9.63. The molecule has 5 nitrogen and oxygen atoms in total. The standard InChI is InChI=1S/C20H26N2O3/c1-5-15-14-8-13(4)10-20(15,22-19(24)25-11-12(2)3)16-6-7-18(23)21-17(16)9-14/h5-8,12,14H,9-11H2,1-4H3,(H,21,23)(H,22,24)/t14-,20+/m0/s1. The largest absolute Gasteiger partial charge is 0.449 e. The van der Waals surface area contributed by atoms with Gasteiger partial charge in [-0.25, -0.2) is 4.79 Å². The fraction of sp³-hybridized carbons (Fsp3) is 0.500. The second-order valence-corrected chi connectivity index (χ2v) is 7.48. The zero-order valence-electron chi connectivity index (χ0n) is 15.3. The number of alkyl carbamates (subject to hydrolysis) is 1. The third-order valence-corrected chi connectivity index (χ3v) is 4.98. The van der Waals surface area contributed by atoms with E-state index in [2.05, 4.69) is 29.4 Å². The van der Waals surface area contributed by atoms with Crippen molar-refractivity contribution < 1.29 is 9.53 Å². The first-order chi connectivity index (χ1) is 11.9. The van der Waals surface area contributed by atoms with E-state index in [-0.39, 0.29) is 17.4 Å². The van der Waals surface area contributed by atoms with Crippen LogP contribution in [-0.4, -0.2) is 17.7 Å². The highest BCUT2D eigenvalue weighted by molar-refractivity contribution is 5.71. The van der Waals surface area contributed by atoms with Gasteiger partial charge >= 0.3 is 6.09 Å². The topological polar surface area (TPSA) is 71.2 Å². The Bertz CT molecular complexity index is 803. The number of aromatic amines is 1. The van der Waals surface area contributed by atoms with Gasteiger partial charge in [0.25, 0.3) is 0 Å². The fourth-order valence-electron chi connectivity index (χ4n) is 4.14. The summed E-state index contributed by atoms with van der Waals surface area (Å²) in [5.41, 5.74) is 3.50. The zero-order chi connectivity index (χ0) is 18.2. The molecule has 0 radical (unpaired) electrons. The third kappa shape index (κ3) is 3.15. The first-order valence-corrected chi connectivity index (χ1v) is 8.87. The lowest BCUT2D eigenvalue weighted by Crippen LogP contribution is -2.54. The van der Waals surface area contributed by atoms with Gasteiger partial charge in [0.05, 0.1) is 12.1 Å². The van der Waals surface area contributed by atoms with Crippen molar-refractivity contribution in [2.24, 2.45) is 11.8 Å². The van der Waals surface area contributed by atoms with Gasteiger partial charge in [0.15, 0.2) is 0 Å². The van der Waals surface area contributed by atoms with Gasteiger partial charge in [0.2, 0.25) is 5.56 Å². The molecule has 5 heteroatoms. The number of aromatic nitrogens is 1. The highest BCUT2D eigenvalue weighted by Gasteiger charge is 2.48. The maximum Gasteiger partial charge on any atom is 0.408 e. The molecule has 0 unspecified atom stereocenters. The van der Waals surface area contributed by atoms with Crippen LogP contribution >= 0.6 is 0 Å². The Morgan fingerprint density at radius 1 is 1.48 bits per heavy atom. The van der Waals surface area contributed by atoms with Crippen LogP contribution in [-0.2, 0) is 16.7 Å². The minimum atomic E-state index is -0.649. The van der Waals surface area contributed by atoms with Crippen LogP contribution in [0.1, 0.15) is 45.4 Å². The van der Waals surface area contributed by atoms with Crippen molar-refractivity contribution in [3.05, 3.63) is 57.0 Å². The molecule has 2 aliphatic carbocycles. The summed E-state index contributed by atoms with van der Waals surface area (Å²) < 4.78 is 5.39. The summed E-state index contributed by atoms with van der Waals surface area (Å²) in [6.07, 6.45) is 5.33. The molecule has 1 amide bonds. The number of hydrogen-bond acceptors (Lipinski definition) is 3. The zero-order valence-corrected chi connectivity index (χ0v) is 15.3. The number of nitrogens with one attached hydrogen (secondary N) is 2. The summed E-state index contributed by atoms with van der Waals surface area (Å²) in [4.78, 5) is 27.2. The number of allylic oxidation sites excluding steroid dienone is 2. The van der Waals surface area contributed by atoms with Gasteiger partial charge in [0.1, 0.15) is 0 Å². The van der Waals surface area contributed by atoms with Crippen molar-refractivity contribution >= 4 is 6.09 Å². The molecule has 1 aromatic rings. The second kappa shape index (κ2) is 6.54. The summed E-state index contributed by atoms with van der Waals surface area (Å²) in [6.45, 7) is 8.49. The maximum absolute atomic E-state index is 12.5. The van der Waals surface area contributed by atoms with Crippen LogP contribution in [0.25, 0.3) is 0 Å². The molecule has 0 fully saturated rings. The number of amides is 1. The molecular formula is C20H26N2O3. The summed E-state index contributed by atoms with van der Waals surface area (Å²) in [5.74, 6) is 0.454. The van der Waals surface area contributed by atoms with Gasteiger partial charge in [-0.3, -0.25) is 4.79 Å². The molecule has 0 aromatic carbocycles. The number of ether oxygens (including phenoxy) is 1. The first-order valence-electron chi connectivity index (χ1n) is 8.87. The summed E-state index contributed by atoms with van der Waals surface area (Å²) in [7, 11) is 0. The van der Waals surface area contributed by atoms with E-state index in [0.717, 1.165) is 17.7 Å². The quantitative estimate of drug-likeness (QED) is 0.827. The van der Waals surface area contributed by atoms with Gasteiger partial charge in [-0.15, -0.1) is 0 Å². The average molecular weight is 342 g/mol. The fourth-order valence-corrected chi connectivity index (χ4v) is 4.14. The van der Waals surface area contributed by atoms with E-state index in [1.54, 1.807) is 0 Å². The predicted molar refractivity (Wildman–Crippen MR) is 97.4 cm³/mol. The average Bonchev–Trinajstić information content (AvgIpc) is 2.51. The number of fused-ring (bicyclic) bond motifs is 4. The van der Waals surface area contributed by atoms with E-state index < -0.39 is 11.6 Å². The van der Waals surface area contributed by atoms with E-state index in [0.29, 0.717) is 13.0 Å². The molecular weight excluding hydrogens is 316 g/mol. The minimum Gasteiger partial charge on any atom is -0.449 e. The third-order valence-electron chi connectivity index (χ3n) is 4.98. The number of rotatable bonds is 3. The smallest absolute Gasteiger partial charge is 0.408 e. The maximum atomic E-state index is 12.5. The normalized spacial score (nSPS) is 26.2. The van der Waals surface area contributed by atoms with Crippen molar-refractivity contribution in [2.45, 2.75) is 46.1 Å². The Morgan fingerprint density at radius 3 is 2.92 bits per heavy atom. The van der Waals surface area contributed by atoms with Crippen LogP contribution in [0.5, 0.6) is 0 Å². The molecule has 1 aromatic heterocycles. The number of carbonyl (C=O) groups is 1. The van der Waals surface area contributed by atoms with Crippen molar-refractivity contribution in [1.82, 2.24) is 10.3 Å². The van der Waals surface area contributed by atoms with Crippen LogP contribution in [0.2, 0.25) is 0 Å². The van der Waals surface area contributed by atoms with Crippen LogP contribution < -0.4 is 10.9 Å². The van der Waals surface area contributed by atoms with Gasteiger partial charge in [-0.1, -0.05) is 31.6 Å². The number of pyridine rings is 1. The van der Waals surface area contributed by atoms with Crippen LogP contribution in [0, 0.1) is 11.8 Å². The van der Waals surface area contributed by atoms with Crippen molar-refractivity contribution in [3.8, 4) is 0 Å². The van der Waals surface area contributed by atoms with E-state index in [1.165, 1.54) is 17.2 Å². The molecule has 0 spiro atoms. The van der Waals surface area contributed by atoms with E-state index >= 15 is 0 Å². The second-order valence-electron chi connectivity index (χ2n) is 7.48. The predicted octanol–water partition coefficient (Wildman–Crippen LogP) is 3.42. The van der Waals surface area contributed by atoms with Gasteiger partial charge in [-0.2, -0.15) is 0 Å². The Morgan fingerprint density at radius 2 is 2.24 bits per heavy atom. The molecule has 0 saturated heterocycles. The van der Waals surface area contributed by atoms with E-state index in [9.17, 15) is 9.59 Å². The number of carbonyl (C=O) groups excluding carboxylic acids is 1. The highest BCUT2D eigenvalue weighted by atomic mass is 16.5. The summed E-state index contributed by atoms with van der Waals surface area (Å²) in [6, 6.07) is 3.37. The summed E-state index contributed by atoms with van der Waals surface area (Å²) in [5, 5.41) is 3.13. The van der Waals surface area contributed by atoms with Gasteiger partial charge < -0.3 is 15.0 Å². The first kappa shape index (κ1) is 17.5. The Hall–Kier alpha value is -2.30. The van der Waals surface area contributed by atoms with Crippen molar-refractivity contribution in [3.63, 3.8) is 0 Å². The molecule has 3 rings (SSSR count). The molecule has 0 saturated carbocycles. The Balaban J connectivity index is 2.07. The Labute approximate surface area is 148 Å². The molecule has 1 heterocycles. The van der Waals surface area contributed by atoms with Crippen molar-refractivity contribution in [1.29, 1.82) is 0 Å². The molecule has 2 aliphatic rings. The molecule has 2 atom stereocenters. The molecule has 2 N–H and O–H groups in total. The molecule has 134 valence electrons. The monoisotopic (exact) mass is 342 g/mol. The van der Waals surface area contributed by atoms with Crippen molar-refractivity contribution in [2.75, 3.05) is 6.61 Å². The lowest BCUT2D eigenvalue weighted by molar-refractivity contribution is 0.121. The number of hydrogen-bond donors (Lipinski definition) is 2. The lowest BCUT2D eigenvalue weighted by Gasteiger charge is -2.47. The summed E-state index contributed by atoms with van der Waals surface area (Å²) >= 11 is 0. The van der Waals surface area contributed by atoms with Gasteiger partial charge in [0, 0.05) is 23.2 Å². The molecule has 0 aliphatic heterocycles. The minimum absolute atomic E-state index is 0.112. The Kier molecular flexibility index (Phi) is 4.58. The van der Waals surface area contributed by atoms with E-state index in [4.69, 9.17) is 4.74 Å². The van der Waals surface area contributed by atoms with Crippen LogP contribution in [0.3, 0.4) is 0 Å². The van der Waals surface area contributed by atoms with Crippen LogP contribution in [0.15, 0.2) is 40.2 Å². The highest BCUT2D eigenvalue weighted by Crippen LogP contribution is 2.49. The molecule has 25 heavy (non-hydrogen) atoms. The SMILES string of the molecule is CC=C1[C@H]2C=C(C)C[C@]1(NC(=O)OCC(C)C)c1ccc(=O)[nH]c1C2. The van der Waals surface area contributed by atoms with Gasteiger partial charge in [-0.05, 0) is 44.2 Å². The van der Waals surface area contributed by atoms with E-state index in [1.807, 2.05) is 26.8 Å². The number of H-pyrrole nitrogens is 1.